The minimum absolute atomic E-state index is 0.178. The number of benzene rings is 1. The van der Waals surface area contributed by atoms with Crippen molar-refractivity contribution in [1.82, 2.24) is 15.0 Å². The molecule has 0 aliphatic rings. The van der Waals surface area contributed by atoms with Crippen LogP contribution in [0.4, 0.5) is 11.9 Å². The average molecular weight is 278 g/mol. The Kier molecular flexibility index (Phi) is 4.52. The number of rotatable bonds is 5. The highest BCUT2D eigenvalue weighted by Gasteiger charge is 2.03. The number of aryl methyl sites for hydroxylation is 1. The second-order valence-electron chi connectivity index (χ2n) is 4.12. The Morgan fingerprint density at radius 2 is 1.63 bits per heavy atom. The molecule has 0 aliphatic heterocycles. The van der Waals surface area contributed by atoms with Crippen molar-refractivity contribution in [3.8, 4) is 0 Å². The SMILES string of the molecule is CCNc1nc(Cl)nc(NCc2ccc(C)cc2)n1. The molecule has 2 N–H and O–H groups in total. The first-order chi connectivity index (χ1) is 9.17. The van der Waals surface area contributed by atoms with Gasteiger partial charge >= 0.3 is 0 Å². The molecule has 5 nitrogen and oxygen atoms in total. The van der Waals surface area contributed by atoms with E-state index in [4.69, 9.17) is 11.6 Å². The highest BCUT2D eigenvalue weighted by molar-refractivity contribution is 6.28. The molecule has 0 unspecified atom stereocenters. The highest BCUT2D eigenvalue weighted by Crippen LogP contribution is 2.11. The van der Waals surface area contributed by atoms with Crippen molar-refractivity contribution < 1.29 is 0 Å². The summed E-state index contributed by atoms with van der Waals surface area (Å²) in [6.45, 7) is 5.41. The van der Waals surface area contributed by atoms with Gasteiger partial charge in [-0.1, -0.05) is 29.8 Å². The van der Waals surface area contributed by atoms with E-state index >= 15 is 0 Å². The molecule has 0 aliphatic carbocycles. The highest BCUT2D eigenvalue weighted by atomic mass is 35.5. The van der Waals surface area contributed by atoms with Crippen LogP contribution < -0.4 is 10.6 Å². The van der Waals surface area contributed by atoms with E-state index in [9.17, 15) is 0 Å². The Balaban J connectivity index is 2.04. The maximum atomic E-state index is 5.85. The molecule has 100 valence electrons. The first-order valence-electron chi connectivity index (χ1n) is 6.12. The summed E-state index contributed by atoms with van der Waals surface area (Å²) < 4.78 is 0. The van der Waals surface area contributed by atoms with E-state index in [1.54, 1.807) is 0 Å². The zero-order valence-electron chi connectivity index (χ0n) is 10.9. The summed E-state index contributed by atoms with van der Waals surface area (Å²) >= 11 is 5.85. The molecule has 0 saturated carbocycles. The molecular weight excluding hydrogens is 262 g/mol. The fraction of sp³-hybridized carbons (Fsp3) is 0.308. The molecule has 0 fully saturated rings. The lowest BCUT2D eigenvalue weighted by Gasteiger charge is -2.07. The van der Waals surface area contributed by atoms with E-state index in [1.807, 2.05) is 6.92 Å². The molecule has 0 bridgehead atoms. The van der Waals surface area contributed by atoms with Crippen LogP contribution in [-0.2, 0) is 6.54 Å². The summed E-state index contributed by atoms with van der Waals surface area (Å²) in [5, 5.41) is 6.32. The fourth-order valence-corrected chi connectivity index (χ4v) is 1.71. The topological polar surface area (TPSA) is 62.7 Å². The van der Waals surface area contributed by atoms with Crippen molar-refractivity contribution in [2.24, 2.45) is 0 Å². The van der Waals surface area contributed by atoms with Crippen LogP contribution in [0.5, 0.6) is 0 Å². The minimum Gasteiger partial charge on any atom is -0.354 e. The lowest BCUT2D eigenvalue weighted by Crippen LogP contribution is -2.08. The number of nitrogens with zero attached hydrogens (tertiary/aromatic N) is 3. The summed E-state index contributed by atoms with van der Waals surface area (Å²) in [7, 11) is 0. The fourth-order valence-electron chi connectivity index (χ4n) is 1.55. The third-order valence-electron chi connectivity index (χ3n) is 2.51. The summed E-state index contributed by atoms with van der Waals surface area (Å²) in [6.07, 6.45) is 0. The standard InChI is InChI=1S/C13H16ClN5/c1-3-15-12-17-11(14)18-13(19-12)16-8-10-6-4-9(2)5-7-10/h4-7H,3,8H2,1-2H3,(H2,15,16,17,18,19). The first kappa shape index (κ1) is 13.5. The van der Waals surface area contributed by atoms with Gasteiger partial charge in [-0.05, 0) is 31.0 Å². The lowest BCUT2D eigenvalue weighted by molar-refractivity contribution is 0.987. The van der Waals surface area contributed by atoms with Gasteiger partial charge in [0.1, 0.15) is 0 Å². The number of hydrogen-bond acceptors (Lipinski definition) is 5. The van der Waals surface area contributed by atoms with Crippen LogP contribution in [0.15, 0.2) is 24.3 Å². The van der Waals surface area contributed by atoms with Crippen molar-refractivity contribution in [1.29, 1.82) is 0 Å². The molecule has 0 saturated heterocycles. The number of aromatic nitrogens is 3. The zero-order chi connectivity index (χ0) is 13.7. The largest absolute Gasteiger partial charge is 0.354 e. The van der Waals surface area contributed by atoms with Crippen LogP contribution in [0.2, 0.25) is 5.28 Å². The van der Waals surface area contributed by atoms with Crippen LogP contribution >= 0.6 is 11.6 Å². The predicted molar refractivity (Wildman–Crippen MR) is 77.5 cm³/mol. The van der Waals surface area contributed by atoms with E-state index in [0.717, 1.165) is 12.1 Å². The molecule has 1 aromatic carbocycles. The minimum atomic E-state index is 0.178. The van der Waals surface area contributed by atoms with Gasteiger partial charge in [-0.15, -0.1) is 0 Å². The third-order valence-corrected chi connectivity index (χ3v) is 2.68. The maximum absolute atomic E-state index is 5.85. The number of halogens is 1. The Labute approximate surface area is 117 Å². The molecular formula is C13H16ClN5. The Morgan fingerprint density at radius 1 is 1.00 bits per heavy atom. The van der Waals surface area contributed by atoms with Gasteiger partial charge in [-0.3, -0.25) is 0 Å². The average Bonchev–Trinajstić information content (AvgIpc) is 2.38. The number of anilines is 2. The second kappa shape index (κ2) is 6.33. The molecule has 1 heterocycles. The van der Waals surface area contributed by atoms with Crippen LogP contribution in [0.25, 0.3) is 0 Å². The van der Waals surface area contributed by atoms with Gasteiger partial charge in [0.2, 0.25) is 17.2 Å². The van der Waals surface area contributed by atoms with Crippen molar-refractivity contribution in [2.45, 2.75) is 20.4 Å². The second-order valence-corrected chi connectivity index (χ2v) is 4.46. The van der Waals surface area contributed by atoms with Gasteiger partial charge in [-0.2, -0.15) is 15.0 Å². The smallest absolute Gasteiger partial charge is 0.229 e. The van der Waals surface area contributed by atoms with Gasteiger partial charge in [0.15, 0.2) is 0 Å². The Morgan fingerprint density at radius 3 is 2.26 bits per heavy atom. The lowest BCUT2D eigenvalue weighted by atomic mass is 10.1. The van der Waals surface area contributed by atoms with Gasteiger partial charge in [-0.25, -0.2) is 0 Å². The third kappa shape index (κ3) is 4.06. The Bertz CT molecular complexity index is 541. The van der Waals surface area contributed by atoms with Crippen LogP contribution in [0.1, 0.15) is 18.1 Å². The molecule has 0 amide bonds. The summed E-state index contributed by atoms with van der Waals surface area (Å²) in [5.41, 5.74) is 2.40. The number of hydrogen-bond donors (Lipinski definition) is 2. The molecule has 0 spiro atoms. The van der Waals surface area contributed by atoms with Crippen molar-refractivity contribution in [3.63, 3.8) is 0 Å². The van der Waals surface area contributed by atoms with Crippen molar-refractivity contribution in [2.75, 3.05) is 17.2 Å². The summed E-state index contributed by atoms with van der Waals surface area (Å²) in [5.74, 6) is 0.949. The van der Waals surface area contributed by atoms with Crippen molar-refractivity contribution >= 4 is 23.5 Å². The normalized spacial score (nSPS) is 10.3. The summed E-state index contributed by atoms with van der Waals surface area (Å²) in [6, 6.07) is 8.27. The quantitative estimate of drug-likeness (QED) is 0.880. The zero-order valence-corrected chi connectivity index (χ0v) is 11.7. The molecule has 0 radical (unpaired) electrons. The molecule has 2 aromatic rings. The van der Waals surface area contributed by atoms with Gasteiger partial charge in [0.05, 0.1) is 0 Å². The molecule has 1 aromatic heterocycles. The van der Waals surface area contributed by atoms with Crippen molar-refractivity contribution in [3.05, 3.63) is 40.7 Å². The van der Waals surface area contributed by atoms with Gasteiger partial charge < -0.3 is 10.6 Å². The molecule has 6 heteroatoms. The molecule has 0 atom stereocenters. The van der Waals surface area contributed by atoms with E-state index < -0.39 is 0 Å². The monoisotopic (exact) mass is 277 g/mol. The predicted octanol–water partition coefficient (Wildman–Crippen LogP) is 2.88. The van der Waals surface area contributed by atoms with Crippen LogP contribution in [-0.4, -0.2) is 21.5 Å². The van der Waals surface area contributed by atoms with Crippen LogP contribution in [0, 0.1) is 6.92 Å². The molecule has 19 heavy (non-hydrogen) atoms. The van der Waals surface area contributed by atoms with Crippen LogP contribution in [0.3, 0.4) is 0 Å². The van der Waals surface area contributed by atoms with Gasteiger partial charge in [0.25, 0.3) is 0 Å². The Hall–Kier alpha value is -1.88. The first-order valence-corrected chi connectivity index (χ1v) is 6.50. The van der Waals surface area contributed by atoms with E-state index in [2.05, 4.69) is 56.8 Å². The summed E-state index contributed by atoms with van der Waals surface area (Å²) in [4.78, 5) is 12.3. The molecule has 2 rings (SSSR count). The van der Waals surface area contributed by atoms with E-state index in [1.165, 1.54) is 5.56 Å². The number of nitrogens with one attached hydrogen (secondary N) is 2. The van der Waals surface area contributed by atoms with E-state index in [0.29, 0.717) is 18.4 Å². The maximum Gasteiger partial charge on any atom is 0.229 e. The van der Waals surface area contributed by atoms with E-state index in [-0.39, 0.29) is 5.28 Å². The van der Waals surface area contributed by atoms with Gasteiger partial charge in [0, 0.05) is 13.1 Å².